The van der Waals surface area contributed by atoms with Gasteiger partial charge in [-0.25, -0.2) is 9.98 Å². The van der Waals surface area contributed by atoms with Crippen molar-refractivity contribution in [3.05, 3.63) is 151 Å². The number of amides is 2. The van der Waals surface area contributed by atoms with Crippen molar-refractivity contribution in [1.29, 1.82) is 0 Å². The first-order valence-electron chi connectivity index (χ1n) is 15.5. The number of nitrogens with one attached hydrogen (secondary N) is 1. The van der Waals surface area contributed by atoms with E-state index >= 15 is 0 Å². The molecule has 252 valence electrons. The van der Waals surface area contributed by atoms with Gasteiger partial charge in [0.25, 0.3) is 17.5 Å². The lowest BCUT2D eigenvalue weighted by Gasteiger charge is -2.16. The molecule has 0 unspecified atom stereocenters. The third-order valence-corrected chi connectivity index (χ3v) is 11.1. The van der Waals surface area contributed by atoms with Crippen LogP contribution in [0.15, 0.2) is 128 Å². The fourth-order valence-electron chi connectivity index (χ4n) is 5.13. The molecular weight excluding hydrogens is 722 g/mol. The number of aromatic nitrogens is 1. The van der Waals surface area contributed by atoms with Crippen molar-refractivity contribution in [2.24, 2.45) is 4.99 Å². The molecule has 1 N–H and O–H groups in total. The molecule has 1 fully saturated rings. The van der Waals surface area contributed by atoms with Gasteiger partial charge in [0.1, 0.15) is 0 Å². The van der Waals surface area contributed by atoms with Crippen molar-refractivity contribution < 1.29 is 14.5 Å². The lowest BCUT2D eigenvalue weighted by molar-refractivity contribution is -0.387. The maximum atomic E-state index is 13.8. The van der Waals surface area contributed by atoms with Gasteiger partial charge in [0.2, 0.25) is 0 Å². The molecule has 1 aliphatic rings. The van der Waals surface area contributed by atoms with Crippen LogP contribution < -0.4 is 10.2 Å². The molecule has 0 aliphatic carbocycles. The van der Waals surface area contributed by atoms with Crippen molar-refractivity contribution in [3.63, 3.8) is 0 Å². The number of thiazole rings is 1. The number of hydrogen-bond acceptors (Lipinski definition) is 9. The van der Waals surface area contributed by atoms with Crippen molar-refractivity contribution in [3.8, 4) is 0 Å². The number of nitro benzene ring substituents is 1. The summed E-state index contributed by atoms with van der Waals surface area (Å²) < 4.78 is 1.42. The number of hydrogen-bond donors (Lipinski definition) is 1. The van der Waals surface area contributed by atoms with Crippen LogP contribution in [-0.4, -0.2) is 26.9 Å². The van der Waals surface area contributed by atoms with Crippen LogP contribution in [0, 0.1) is 24.0 Å². The molecule has 9 nitrogen and oxygen atoms in total. The highest BCUT2D eigenvalue weighted by Crippen LogP contribution is 2.41. The van der Waals surface area contributed by atoms with Crippen LogP contribution in [0.3, 0.4) is 0 Å². The number of anilines is 2. The van der Waals surface area contributed by atoms with Crippen LogP contribution in [0.25, 0.3) is 16.3 Å². The maximum Gasteiger partial charge on any atom is 0.283 e. The summed E-state index contributed by atoms with van der Waals surface area (Å²) in [6.45, 7) is 3.97. The topological polar surface area (TPSA) is 118 Å². The van der Waals surface area contributed by atoms with Gasteiger partial charge in [0.05, 0.1) is 36.3 Å². The van der Waals surface area contributed by atoms with Crippen molar-refractivity contribution >= 4 is 102 Å². The third-order valence-electron chi connectivity index (χ3n) is 7.77. The summed E-state index contributed by atoms with van der Waals surface area (Å²) in [6, 6.07) is 32.2. The Morgan fingerprint density at radius 2 is 1.65 bits per heavy atom. The van der Waals surface area contributed by atoms with Gasteiger partial charge in [-0.3, -0.25) is 24.6 Å². The Labute approximate surface area is 310 Å². The van der Waals surface area contributed by atoms with E-state index < -0.39 is 4.92 Å². The highest BCUT2D eigenvalue weighted by Gasteiger charge is 2.35. The van der Waals surface area contributed by atoms with E-state index in [4.69, 9.17) is 16.6 Å². The van der Waals surface area contributed by atoms with E-state index in [0.717, 1.165) is 15.8 Å². The van der Waals surface area contributed by atoms with Gasteiger partial charge in [-0.15, -0.1) is 11.3 Å². The van der Waals surface area contributed by atoms with Gasteiger partial charge in [-0.1, -0.05) is 64.8 Å². The summed E-state index contributed by atoms with van der Waals surface area (Å²) in [5.74, 6) is -0.542. The molecular formula is C38H26ClN5O4S3. The highest BCUT2D eigenvalue weighted by molar-refractivity contribution is 8.19. The predicted octanol–water partition coefficient (Wildman–Crippen LogP) is 10.7. The first-order valence-corrected chi connectivity index (χ1v) is 18.3. The van der Waals surface area contributed by atoms with Gasteiger partial charge in [0, 0.05) is 22.3 Å². The molecule has 0 radical (unpaired) electrons. The largest absolute Gasteiger partial charge is 0.322 e. The first kappa shape index (κ1) is 34.2. The van der Waals surface area contributed by atoms with E-state index in [1.807, 2.05) is 68.4 Å². The second-order valence-corrected chi connectivity index (χ2v) is 15.3. The molecule has 0 spiro atoms. The van der Waals surface area contributed by atoms with E-state index in [1.54, 1.807) is 59.5 Å². The standard InChI is InChI=1S/C38H26ClN5O4S3/c1-22-3-12-27(13-4-22)41-37-43(29-15-5-23(2)6-16-29)36(46)34(49-37)20-24-7-18-32(31(19-24)44(47)48)50-38-42-30-17-14-28(21-33(30)51-38)40-35(45)25-8-10-26(39)11-9-25/h3-21H,1-2H3,(H,40,45)/b34-20-,41-37?. The Kier molecular flexibility index (Phi) is 9.74. The second kappa shape index (κ2) is 14.5. The number of rotatable bonds is 8. The minimum absolute atomic E-state index is 0.107. The molecule has 13 heteroatoms. The van der Waals surface area contributed by atoms with Crippen LogP contribution in [0.2, 0.25) is 5.02 Å². The molecule has 1 saturated heterocycles. The Morgan fingerprint density at radius 3 is 2.35 bits per heavy atom. The molecule has 1 aliphatic heterocycles. The van der Waals surface area contributed by atoms with Crippen molar-refractivity contribution in [1.82, 2.24) is 4.98 Å². The van der Waals surface area contributed by atoms with Gasteiger partial charge < -0.3 is 5.32 Å². The number of fused-ring (bicyclic) bond motifs is 1. The molecule has 2 amide bonds. The minimum Gasteiger partial charge on any atom is -0.322 e. The molecule has 1 aromatic heterocycles. The highest BCUT2D eigenvalue weighted by atomic mass is 35.5. The number of aryl methyl sites for hydroxylation is 2. The monoisotopic (exact) mass is 747 g/mol. The van der Waals surface area contributed by atoms with Gasteiger partial charge >= 0.3 is 0 Å². The van der Waals surface area contributed by atoms with Gasteiger partial charge in [-0.2, -0.15) is 0 Å². The Balaban J connectivity index is 1.14. The lowest BCUT2D eigenvalue weighted by Crippen LogP contribution is -2.28. The first-order chi connectivity index (χ1) is 24.6. The molecule has 0 atom stereocenters. The maximum absolute atomic E-state index is 13.8. The SMILES string of the molecule is Cc1ccc(N=C2S/C(=C\c3ccc(Sc4nc5ccc(NC(=O)c6ccc(Cl)cc6)cc5s4)c([N+](=O)[O-])c3)C(=O)N2c2ccc(C)cc2)cc1. The number of carbonyl (C=O) groups excluding carboxylic acids is 2. The Bertz CT molecular complexity index is 2390. The van der Waals surface area contributed by atoms with E-state index in [2.05, 4.69) is 10.3 Å². The number of benzene rings is 5. The number of nitro groups is 1. The zero-order valence-electron chi connectivity index (χ0n) is 27.0. The average Bonchev–Trinajstić information content (AvgIpc) is 3.65. The van der Waals surface area contributed by atoms with Crippen LogP contribution >= 0.6 is 46.5 Å². The van der Waals surface area contributed by atoms with Gasteiger partial charge in [0.15, 0.2) is 9.51 Å². The number of halogens is 1. The molecule has 0 saturated carbocycles. The summed E-state index contributed by atoms with van der Waals surface area (Å²) in [4.78, 5) is 50.1. The number of carbonyl (C=O) groups is 2. The Hall–Kier alpha value is -5.27. The van der Waals surface area contributed by atoms with E-state index in [1.165, 1.54) is 40.9 Å². The Morgan fingerprint density at radius 1 is 0.941 bits per heavy atom. The lowest BCUT2D eigenvalue weighted by atomic mass is 10.1. The molecule has 0 bridgehead atoms. The van der Waals surface area contributed by atoms with E-state index in [-0.39, 0.29) is 17.5 Å². The number of nitrogens with zero attached hydrogens (tertiary/aromatic N) is 4. The number of aliphatic imine (C=N–C) groups is 1. The molecule has 2 heterocycles. The second-order valence-electron chi connectivity index (χ2n) is 11.5. The quantitative estimate of drug-likeness (QED) is 0.0935. The fourth-order valence-corrected chi connectivity index (χ4v) is 8.40. The van der Waals surface area contributed by atoms with Crippen LogP contribution in [0.5, 0.6) is 0 Å². The zero-order chi connectivity index (χ0) is 35.6. The smallest absolute Gasteiger partial charge is 0.283 e. The summed E-state index contributed by atoms with van der Waals surface area (Å²) in [7, 11) is 0. The fraction of sp³-hybridized carbons (Fsp3) is 0.0526. The predicted molar refractivity (Wildman–Crippen MR) is 209 cm³/mol. The van der Waals surface area contributed by atoms with Crippen LogP contribution in [0.4, 0.5) is 22.7 Å². The van der Waals surface area contributed by atoms with E-state index in [0.29, 0.717) is 58.0 Å². The molecule has 5 aromatic carbocycles. The van der Waals surface area contributed by atoms with Crippen molar-refractivity contribution in [2.75, 3.05) is 10.2 Å². The summed E-state index contributed by atoms with van der Waals surface area (Å²) in [5, 5.41) is 16.2. The zero-order valence-corrected chi connectivity index (χ0v) is 30.2. The third kappa shape index (κ3) is 7.74. The molecule has 6 aromatic rings. The van der Waals surface area contributed by atoms with Crippen LogP contribution in [0.1, 0.15) is 27.0 Å². The van der Waals surface area contributed by atoms with Crippen LogP contribution in [-0.2, 0) is 4.79 Å². The average molecular weight is 748 g/mol. The van der Waals surface area contributed by atoms with Crippen molar-refractivity contribution in [2.45, 2.75) is 23.1 Å². The van der Waals surface area contributed by atoms with Gasteiger partial charge in [-0.05, 0) is 110 Å². The minimum atomic E-state index is -0.436. The number of thioether (sulfide) groups is 1. The number of amidine groups is 1. The summed E-state index contributed by atoms with van der Waals surface area (Å²) >= 11 is 9.71. The summed E-state index contributed by atoms with van der Waals surface area (Å²) in [5.41, 5.74) is 5.72. The summed E-state index contributed by atoms with van der Waals surface area (Å²) in [6.07, 6.45) is 1.66. The molecule has 51 heavy (non-hydrogen) atoms. The molecule has 7 rings (SSSR count). The normalized spacial score (nSPS) is 14.5. The van der Waals surface area contributed by atoms with E-state index in [9.17, 15) is 19.7 Å².